The van der Waals surface area contributed by atoms with Gasteiger partial charge in [0.15, 0.2) is 0 Å². The van der Waals surface area contributed by atoms with Gasteiger partial charge in [0.05, 0.1) is 13.2 Å². The molecule has 1 aromatic rings. The fraction of sp³-hybridized carbons (Fsp3) is 0.556. The second-order valence-electron chi connectivity index (χ2n) is 3.57. The first kappa shape index (κ1) is 11.9. The number of morpholine rings is 1. The van der Waals surface area contributed by atoms with E-state index in [2.05, 4.69) is 5.10 Å². The van der Waals surface area contributed by atoms with E-state index in [-0.39, 0.29) is 5.82 Å². The number of hydrogen-bond donors (Lipinski definition) is 1. The third-order valence-electron chi connectivity index (χ3n) is 2.43. The molecule has 0 amide bonds. The predicted molar refractivity (Wildman–Crippen MR) is 52.9 cm³/mol. The van der Waals surface area contributed by atoms with E-state index in [9.17, 15) is 18.0 Å². The zero-order valence-corrected chi connectivity index (χ0v) is 8.75. The predicted octanol–water partition coefficient (Wildman–Crippen LogP) is 0.625. The van der Waals surface area contributed by atoms with Gasteiger partial charge in [0, 0.05) is 19.2 Å². The van der Waals surface area contributed by atoms with Crippen molar-refractivity contribution in [2.24, 2.45) is 0 Å². The summed E-state index contributed by atoms with van der Waals surface area (Å²) in [5.41, 5.74) is -2.46. The van der Waals surface area contributed by atoms with E-state index in [1.807, 2.05) is 5.10 Å². The topological polar surface area (TPSA) is 58.2 Å². The van der Waals surface area contributed by atoms with Crippen molar-refractivity contribution in [3.63, 3.8) is 0 Å². The second kappa shape index (κ2) is 4.36. The van der Waals surface area contributed by atoms with E-state index in [0.717, 1.165) is 6.07 Å². The molecule has 1 fully saturated rings. The van der Waals surface area contributed by atoms with Gasteiger partial charge in [-0.05, 0) is 0 Å². The minimum Gasteiger partial charge on any atom is -0.378 e. The van der Waals surface area contributed by atoms with E-state index in [1.165, 1.54) is 0 Å². The highest BCUT2D eigenvalue weighted by molar-refractivity contribution is 5.40. The molecule has 0 aliphatic carbocycles. The van der Waals surface area contributed by atoms with Crippen LogP contribution in [-0.2, 0) is 10.9 Å². The van der Waals surface area contributed by atoms with Crippen LogP contribution in [0.1, 0.15) is 5.56 Å². The second-order valence-corrected chi connectivity index (χ2v) is 3.57. The molecule has 1 aliphatic rings. The molecule has 0 aromatic carbocycles. The largest absolute Gasteiger partial charge is 0.421 e. The Bertz CT molecular complexity index is 452. The smallest absolute Gasteiger partial charge is 0.378 e. The minimum atomic E-state index is -4.67. The van der Waals surface area contributed by atoms with Crippen molar-refractivity contribution < 1.29 is 17.9 Å². The Morgan fingerprint density at radius 3 is 2.59 bits per heavy atom. The number of halogens is 3. The molecule has 0 bridgehead atoms. The van der Waals surface area contributed by atoms with Crippen LogP contribution in [-0.4, -0.2) is 36.5 Å². The summed E-state index contributed by atoms with van der Waals surface area (Å²) in [5.74, 6) is 0.111. The van der Waals surface area contributed by atoms with Crippen LogP contribution in [0.3, 0.4) is 0 Å². The van der Waals surface area contributed by atoms with Crippen molar-refractivity contribution >= 4 is 5.82 Å². The Labute approximate surface area is 94.2 Å². The van der Waals surface area contributed by atoms with E-state index >= 15 is 0 Å². The number of H-pyrrole nitrogens is 1. The van der Waals surface area contributed by atoms with Gasteiger partial charge >= 0.3 is 6.18 Å². The van der Waals surface area contributed by atoms with Crippen molar-refractivity contribution in [1.29, 1.82) is 0 Å². The average molecular weight is 249 g/mol. The lowest BCUT2D eigenvalue weighted by Gasteiger charge is -2.27. The number of nitrogens with one attached hydrogen (secondary N) is 1. The number of aromatic nitrogens is 2. The summed E-state index contributed by atoms with van der Waals surface area (Å²) in [6.45, 7) is 1.77. The Kier molecular flexibility index (Phi) is 3.05. The molecular weight excluding hydrogens is 239 g/mol. The average Bonchev–Trinajstić information content (AvgIpc) is 2.29. The van der Waals surface area contributed by atoms with Crippen LogP contribution in [0.5, 0.6) is 0 Å². The van der Waals surface area contributed by atoms with Crippen LogP contribution in [0.2, 0.25) is 0 Å². The van der Waals surface area contributed by atoms with Crippen LogP contribution < -0.4 is 10.5 Å². The van der Waals surface area contributed by atoms with Crippen LogP contribution in [0.15, 0.2) is 10.9 Å². The fourth-order valence-electron chi connectivity index (χ4n) is 1.56. The number of hydrogen-bond acceptors (Lipinski definition) is 4. The maximum absolute atomic E-state index is 12.5. The summed E-state index contributed by atoms with van der Waals surface area (Å²) >= 11 is 0. The Hall–Kier alpha value is -1.57. The van der Waals surface area contributed by atoms with Crippen molar-refractivity contribution in [2.75, 3.05) is 31.2 Å². The number of aromatic amines is 1. The maximum atomic E-state index is 12.5. The highest BCUT2D eigenvalue weighted by Crippen LogP contribution is 2.27. The van der Waals surface area contributed by atoms with Crippen LogP contribution in [0, 0.1) is 0 Å². The SMILES string of the molecule is O=c1[nH]nc(N2CCOCC2)cc1C(F)(F)F. The van der Waals surface area contributed by atoms with E-state index in [1.54, 1.807) is 4.90 Å². The Morgan fingerprint density at radius 2 is 2.00 bits per heavy atom. The molecule has 0 spiro atoms. The van der Waals surface area contributed by atoms with Crippen molar-refractivity contribution in [1.82, 2.24) is 10.2 Å². The third kappa shape index (κ3) is 2.57. The molecule has 17 heavy (non-hydrogen) atoms. The molecule has 1 saturated heterocycles. The van der Waals surface area contributed by atoms with E-state index < -0.39 is 17.3 Å². The molecule has 0 unspecified atom stereocenters. The zero-order valence-electron chi connectivity index (χ0n) is 8.75. The molecule has 2 heterocycles. The monoisotopic (exact) mass is 249 g/mol. The molecule has 5 nitrogen and oxygen atoms in total. The quantitative estimate of drug-likeness (QED) is 0.793. The summed E-state index contributed by atoms with van der Waals surface area (Å²) < 4.78 is 42.6. The lowest BCUT2D eigenvalue weighted by molar-refractivity contribution is -0.138. The van der Waals surface area contributed by atoms with Gasteiger partial charge in [-0.2, -0.15) is 18.3 Å². The van der Waals surface area contributed by atoms with Crippen LogP contribution in [0.25, 0.3) is 0 Å². The Morgan fingerprint density at radius 1 is 1.35 bits per heavy atom. The number of nitrogens with zero attached hydrogens (tertiary/aromatic N) is 2. The van der Waals surface area contributed by atoms with Crippen LogP contribution in [0.4, 0.5) is 19.0 Å². The van der Waals surface area contributed by atoms with Gasteiger partial charge in [0.25, 0.3) is 5.56 Å². The molecule has 94 valence electrons. The van der Waals surface area contributed by atoms with Gasteiger partial charge in [0.1, 0.15) is 11.4 Å². The normalized spacial score (nSPS) is 17.2. The minimum absolute atomic E-state index is 0.111. The van der Waals surface area contributed by atoms with E-state index in [4.69, 9.17) is 4.74 Å². The van der Waals surface area contributed by atoms with Gasteiger partial charge in [-0.25, -0.2) is 5.10 Å². The van der Waals surface area contributed by atoms with Gasteiger partial charge < -0.3 is 9.64 Å². The van der Waals surface area contributed by atoms with Gasteiger partial charge in [-0.1, -0.05) is 0 Å². The highest BCUT2D eigenvalue weighted by atomic mass is 19.4. The van der Waals surface area contributed by atoms with Gasteiger partial charge in [-0.15, -0.1) is 0 Å². The van der Waals surface area contributed by atoms with Gasteiger partial charge in [0.2, 0.25) is 0 Å². The zero-order chi connectivity index (χ0) is 12.5. The molecular formula is C9H10F3N3O2. The number of rotatable bonds is 1. The van der Waals surface area contributed by atoms with Gasteiger partial charge in [-0.3, -0.25) is 4.79 Å². The first-order valence-corrected chi connectivity index (χ1v) is 4.98. The molecule has 0 saturated carbocycles. The van der Waals surface area contributed by atoms with Crippen molar-refractivity contribution in [3.05, 3.63) is 22.0 Å². The molecule has 1 aliphatic heterocycles. The summed E-state index contributed by atoms with van der Waals surface area (Å²) in [6, 6.07) is 0.768. The van der Waals surface area contributed by atoms with Crippen molar-refractivity contribution in [3.8, 4) is 0 Å². The number of ether oxygens (including phenoxy) is 1. The van der Waals surface area contributed by atoms with E-state index in [0.29, 0.717) is 26.3 Å². The summed E-state index contributed by atoms with van der Waals surface area (Å²) in [4.78, 5) is 12.7. The molecule has 8 heteroatoms. The summed E-state index contributed by atoms with van der Waals surface area (Å²) in [6.07, 6.45) is -4.67. The molecule has 0 radical (unpaired) electrons. The molecule has 1 N–H and O–H groups in total. The summed E-state index contributed by atoms with van der Waals surface area (Å²) in [5, 5.41) is 5.47. The molecule has 0 atom stereocenters. The third-order valence-corrected chi connectivity index (χ3v) is 2.43. The maximum Gasteiger partial charge on any atom is 0.421 e. The molecule has 2 rings (SSSR count). The summed E-state index contributed by atoms with van der Waals surface area (Å²) in [7, 11) is 0. The highest BCUT2D eigenvalue weighted by Gasteiger charge is 2.35. The first-order chi connectivity index (χ1) is 7.98. The fourth-order valence-corrected chi connectivity index (χ4v) is 1.56. The lowest BCUT2D eigenvalue weighted by Crippen LogP contribution is -2.38. The number of alkyl halides is 3. The van der Waals surface area contributed by atoms with Crippen molar-refractivity contribution in [2.45, 2.75) is 6.18 Å². The lowest BCUT2D eigenvalue weighted by atomic mass is 10.2. The number of anilines is 1. The van der Waals surface area contributed by atoms with Crippen LogP contribution >= 0.6 is 0 Å². The molecule has 1 aromatic heterocycles. The standard InChI is InChI=1S/C9H10F3N3O2/c10-9(11,12)6-5-7(13-14-8(6)16)15-1-3-17-4-2-15/h5H,1-4H2,(H,14,16). The Balaban J connectivity index is 2.33. The first-order valence-electron chi connectivity index (χ1n) is 4.98.